The second kappa shape index (κ2) is 11.9. The van der Waals surface area contributed by atoms with Crippen LogP contribution >= 0.6 is 11.6 Å². The number of H-pyrrole nitrogens is 1. The topological polar surface area (TPSA) is 103 Å². The number of para-hydroxylation sites is 1. The predicted octanol–water partition coefficient (Wildman–Crippen LogP) is 2.81. The van der Waals surface area contributed by atoms with Crippen LogP contribution in [0.1, 0.15) is 17.5 Å². The third kappa shape index (κ3) is 6.70. The smallest absolute Gasteiger partial charge is 0.243 e. The van der Waals surface area contributed by atoms with Gasteiger partial charge in [-0.1, -0.05) is 54.6 Å². The molecule has 0 aliphatic carbocycles. The molecule has 0 aliphatic rings. The molecule has 0 bridgehead atoms. The highest BCUT2D eigenvalue weighted by Crippen LogP contribution is 2.19. The maximum atomic E-state index is 13.1. The van der Waals surface area contributed by atoms with Crippen molar-refractivity contribution in [3.05, 3.63) is 84.6 Å². The Balaban J connectivity index is 1.78. The van der Waals surface area contributed by atoms with Crippen molar-refractivity contribution in [3.8, 4) is 0 Å². The quantitative estimate of drug-likeness (QED) is 0.258. The summed E-state index contributed by atoms with van der Waals surface area (Å²) in [4.78, 5) is 41.0. The molecule has 1 heterocycles. The second-order valence-electron chi connectivity index (χ2n) is 7.61. The number of benzene rings is 2. The van der Waals surface area contributed by atoms with Gasteiger partial charge in [0.25, 0.3) is 0 Å². The van der Waals surface area contributed by atoms with E-state index in [1.54, 1.807) is 0 Å². The largest absolute Gasteiger partial charge is 0.361 e. The maximum Gasteiger partial charge on any atom is 0.243 e. The SMILES string of the molecule is C=CC[C@H](NC(=O)CCl)C(=O)N[C@@H](Cc1c[nH]c2ccccc12)C(=O)NCc1ccccc1. The number of carbonyl (C=O) groups is 3. The molecule has 2 atom stereocenters. The van der Waals surface area contributed by atoms with Crippen LogP contribution < -0.4 is 16.0 Å². The van der Waals surface area contributed by atoms with Crippen LogP contribution in [0.3, 0.4) is 0 Å². The predicted molar refractivity (Wildman–Crippen MR) is 130 cm³/mol. The molecule has 4 N–H and O–H groups in total. The van der Waals surface area contributed by atoms with Crippen LogP contribution in [0.25, 0.3) is 10.9 Å². The van der Waals surface area contributed by atoms with Gasteiger partial charge < -0.3 is 20.9 Å². The highest BCUT2D eigenvalue weighted by Gasteiger charge is 2.27. The zero-order valence-electron chi connectivity index (χ0n) is 18.1. The average molecular weight is 467 g/mol. The van der Waals surface area contributed by atoms with Crippen molar-refractivity contribution in [3.63, 3.8) is 0 Å². The highest BCUT2D eigenvalue weighted by atomic mass is 35.5. The minimum absolute atomic E-state index is 0.208. The lowest BCUT2D eigenvalue weighted by Gasteiger charge is -2.22. The Morgan fingerprint density at radius 1 is 0.970 bits per heavy atom. The number of aromatic amines is 1. The standard InChI is InChI=1S/C25H27ClN4O3/c1-2-8-21(29-23(31)14-26)25(33)30-22(24(32)28-15-17-9-4-3-5-10-17)13-18-16-27-20-12-7-6-11-19(18)20/h2-7,9-12,16,21-22,27H,1,8,13-15H2,(H,28,32)(H,29,31)(H,30,33)/t21-,22-/m0/s1. The molecule has 0 saturated heterocycles. The summed E-state index contributed by atoms with van der Waals surface area (Å²) in [5, 5.41) is 9.24. The molecular weight excluding hydrogens is 440 g/mol. The molecule has 1 aromatic heterocycles. The van der Waals surface area contributed by atoms with Gasteiger partial charge in [-0.05, 0) is 23.6 Å². The number of nitrogens with one attached hydrogen (secondary N) is 4. The van der Waals surface area contributed by atoms with Gasteiger partial charge in [0.2, 0.25) is 17.7 Å². The summed E-state index contributed by atoms with van der Waals surface area (Å²) in [6.07, 6.45) is 3.86. The number of hydrogen-bond donors (Lipinski definition) is 4. The number of rotatable bonds is 11. The molecule has 0 radical (unpaired) electrons. The summed E-state index contributed by atoms with van der Waals surface area (Å²) < 4.78 is 0. The van der Waals surface area contributed by atoms with E-state index in [0.717, 1.165) is 22.0 Å². The van der Waals surface area contributed by atoms with Crippen LogP contribution in [-0.4, -0.2) is 40.7 Å². The lowest BCUT2D eigenvalue weighted by Crippen LogP contribution is -2.54. The first-order valence-corrected chi connectivity index (χ1v) is 11.2. The lowest BCUT2D eigenvalue weighted by molar-refractivity contribution is -0.131. The number of alkyl halides is 1. The van der Waals surface area contributed by atoms with E-state index in [4.69, 9.17) is 11.6 Å². The molecule has 0 aliphatic heterocycles. The monoisotopic (exact) mass is 466 g/mol. The van der Waals surface area contributed by atoms with Gasteiger partial charge in [-0.15, -0.1) is 18.2 Å². The number of amides is 3. The Kier molecular flexibility index (Phi) is 8.66. The normalized spacial score (nSPS) is 12.5. The van der Waals surface area contributed by atoms with E-state index in [2.05, 4.69) is 27.5 Å². The summed E-state index contributed by atoms with van der Waals surface area (Å²) >= 11 is 5.57. The van der Waals surface area contributed by atoms with E-state index >= 15 is 0 Å². The van der Waals surface area contributed by atoms with Crippen molar-refractivity contribution in [1.82, 2.24) is 20.9 Å². The van der Waals surface area contributed by atoms with Crippen LogP contribution in [0, 0.1) is 0 Å². The first-order valence-electron chi connectivity index (χ1n) is 10.6. The number of aromatic nitrogens is 1. The van der Waals surface area contributed by atoms with Crippen molar-refractivity contribution in [2.75, 3.05) is 5.88 Å². The Morgan fingerprint density at radius 2 is 1.70 bits per heavy atom. The molecular formula is C25H27ClN4O3. The van der Waals surface area contributed by atoms with Crippen molar-refractivity contribution in [2.45, 2.75) is 31.5 Å². The van der Waals surface area contributed by atoms with Crippen molar-refractivity contribution < 1.29 is 14.4 Å². The number of carbonyl (C=O) groups excluding carboxylic acids is 3. The molecule has 0 unspecified atom stereocenters. The van der Waals surface area contributed by atoms with Crippen LogP contribution in [0.2, 0.25) is 0 Å². The summed E-state index contributed by atoms with van der Waals surface area (Å²) in [6, 6.07) is 15.6. The van der Waals surface area contributed by atoms with Crippen LogP contribution in [0.4, 0.5) is 0 Å². The van der Waals surface area contributed by atoms with Crippen molar-refractivity contribution in [1.29, 1.82) is 0 Å². The van der Waals surface area contributed by atoms with E-state index in [9.17, 15) is 14.4 Å². The zero-order chi connectivity index (χ0) is 23.6. The Bertz CT molecular complexity index is 1110. The molecule has 33 heavy (non-hydrogen) atoms. The Labute approximate surface area is 197 Å². The van der Waals surface area contributed by atoms with Gasteiger partial charge >= 0.3 is 0 Å². The maximum absolute atomic E-state index is 13.1. The van der Waals surface area contributed by atoms with E-state index in [1.807, 2.05) is 60.8 Å². The van der Waals surface area contributed by atoms with E-state index in [-0.39, 0.29) is 24.6 Å². The summed E-state index contributed by atoms with van der Waals surface area (Å²) in [5.41, 5.74) is 2.79. The van der Waals surface area contributed by atoms with Crippen LogP contribution in [0.5, 0.6) is 0 Å². The second-order valence-corrected chi connectivity index (χ2v) is 7.87. The lowest BCUT2D eigenvalue weighted by atomic mass is 10.0. The van der Waals surface area contributed by atoms with Gasteiger partial charge in [-0.25, -0.2) is 0 Å². The van der Waals surface area contributed by atoms with Gasteiger partial charge in [0.05, 0.1) is 0 Å². The fraction of sp³-hybridized carbons (Fsp3) is 0.240. The average Bonchev–Trinajstić information content (AvgIpc) is 3.25. The summed E-state index contributed by atoms with van der Waals surface area (Å²) in [5.74, 6) is -1.54. The van der Waals surface area contributed by atoms with Crippen LogP contribution in [-0.2, 0) is 27.3 Å². The Morgan fingerprint density at radius 3 is 2.42 bits per heavy atom. The molecule has 172 valence electrons. The molecule has 8 heteroatoms. The van der Waals surface area contributed by atoms with Gasteiger partial charge in [0.1, 0.15) is 18.0 Å². The van der Waals surface area contributed by atoms with Crippen molar-refractivity contribution in [2.24, 2.45) is 0 Å². The fourth-order valence-electron chi connectivity index (χ4n) is 3.54. The van der Waals surface area contributed by atoms with Crippen LogP contribution in [0.15, 0.2) is 73.4 Å². The highest BCUT2D eigenvalue weighted by molar-refractivity contribution is 6.27. The molecule has 3 aromatic rings. The molecule has 0 fully saturated rings. The minimum atomic E-state index is -0.874. The molecule has 0 saturated carbocycles. The third-order valence-corrected chi connectivity index (χ3v) is 5.46. The molecule has 3 amide bonds. The number of hydrogen-bond acceptors (Lipinski definition) is 3. The number of fused-ring (bicyclic) bond motifs is 1. The van der Waals surface area contributed by atoms with Gasteiger partial charge in [-0.3, -0.25) is 14.4 Å². The Hall–Kier alpha value is -3.58. The van der Waals surface area contributed by atoms with Gasteiger partial charge in [0.15, 0.2) is 0 Å². The molecule has 3 rings (SSSR count). The van der Waals surface area contributed by atoms with E-state index in [0.29, 0.717) is 6.54 Å². The van der Waals surface area contributed by atoms with Gasteiger partial charge in [-0.2, -0.15) is 0 Å². The first kappa shape index (κ1) is 24.1. The fourth-order valence-corrected chi connectivity index (χ4v) is 3.62. The zero-order valence-corrected chi connectivity index (χ0v) is 18.9. The molecule has 0 spiro atoms. The minimum Gasteiger partial charge on any atom is -0.361 e. The van der Waals surface area contributed by atoms with E-state index in [1.165, 1.54) is 6.08 Å². The van der Waals surface area contributed by atoms with Gasteiger partial charge in [0, 0.05) is 30.1 Å². The summed E-state index contributed by atoms with van der Waals surface area (Å²) in [6.45, 7) is 3.97. The van der Waals surface area contributed by atoms with Crippen molar-refractivity contribution >= 4 is 40.2 Å². The number of halogens is 1. The third-order valence-electron chi connectivity index (χ3n) is 5.22. The molecule has 7 nitrogen and oxygen atoms in total. The summed E-state index contributed by atoms with van der Waals surface area (Å²) in [7, 11) is 0. The van der Waals surface area contributed by atoms with E-state index < -0.39 is 23.9 Å². The molecule has 2 aromatic carbocycles. The first-order chi connectivity index (χ1) is 16.0.